The first-order valence-corrected chi connectivity index (χ1v) is 6.88. The quantitative estimate of drug-likeness (QED) is 0.822. The van der Waals surface area contributed by atoms with Gasteiger partial charge in [0.15, 0.2) is 0 Å². The lowest BCUT2D eigenvalue weighted by Crippen LogP contribution is -2.27. The molecule has 1 aliphatic rings. The molecule has 0 heterocycles. The van der Waals surface area contributed by atoms with Crippen LogP contribution in [-0.4, -0.2) is 28.6 Å². The molecule has 19 heavy (non-hydrogen) atoms. The van der Waals surface area contributed by atoms with Crippen LogP contribution in [0.1, 0.15) is 48.5 Å². The zero-order chi connectivity index (χ0) is 13.8. The fourth-order valence-corrected chi connectivity index (χ4v) is 2.28. The first kappa shape index (κ1) is 14.0. The molecule has 1 fully saturated rings. The summed E-state index contributed by atoms with van der Waals surface area (Å²) < 4.78 is 14.1. The molecule has 0 radical (unpaired) electrons. The molecule has 0 amide bonds. The van der Waals surface area contributed by atoms with E-state index in [0.717, 1.165) is 19.4 Å². The Balaban J connectivity index is 2.12. The predicted molar refractivity (Wildman–Crippen MR) is 71.7 cm³/mol. The van der Waals surface area contributed by atoms with Gasteiger partial charge in [0.2, 0.25) is 0 Å². The Morgan fingerprint density at radius 3 is 2.79 bits per heavy atom. The lowest BCUT2D eigenvalue weighted by molar-refractivity contribution is 0.0691. The van der Waals surface area contributed by atoms with Crippen LogP contribution in [0.2, 0.25) is 0 Å². The molecule has 1 aromatic rings. The average molecular weight is 265 g/mol. The van der Waals surface area contributed by atoms with Crippen LogP contribution >= 0.6 is 0 Å². The summed E-state index contributed by atoms with van der Waals surface area (Å²) in [5.41, 5.74) is 0.256. The summed E-state index contributed by atoms with van der Waals surface area (Å²) in [6.07, 6.45) is 4.55. The van der Waals surface area contributed by atoms with Crippen molar-refractivity contribution in [2.24, 2.45) is 0 Å². The Kier molecular flexibility index (Phi) is 4.53. The molecular formula is C15H20FNO2. The summed E-state index contributed by atoms with van der Waals surface area (Å²) in [5, 5.41) is 8.93. The summed E-state index contributed by atoms with van der Waals surface area (Å²) >= 11 is 0. The van der Waals surface area contributed by atoms with E-state index < -0.39 is 11.8 Å². The molecule has 1 N–H and O–H groups in total. The molecular weight excluding hydrogens is 245 g/mol. The van der Waals surface area contributed by atoms with E-state index in [-0.39, 0.29) is 5.56 Å². The van der Waals surface area contributed by atoms with Gasteiger partial charge in [-0.25, -0.2) is 9.18 Å². The summed E-state index contributed by atoms with van der Waals surface area (Å²) in [4.78, 5) is 13.2. The maximum atomic E-state index is 14.1. The van der Waals surface area contributed by atoms with E-state index in [4.69, 9.17) is 5.11 Å². The van der Waals surface area contributed by atoms with Gasteiger partial charge < -0.3 is 5.11 Å². The van der Waals surface area contributed by atoms with Gasteiger partial charge in [-0.15, -0.1) is 0 Å². The Morgan fingerprint density at radius 2 is 2.21 bits per heavy atom. The van der Waals surface area contributed by atoms with E-state index in [2.05, 4.69) is 11.8 Å². The van der Waals surface area contributed by atoms with Crippen LogP contribution in [0.4, 0.5) is 4.39 Å². The van der Waals surface area contributed by atoms with Crippen molar-refractivity contribution in [2.45, 2.75) is 45.2 Å². The lowest BCUT2D eigenvalue weighted by Gasteiger charge is -2.22. The normalized spacial score (nSPS) is 14.9. The van der Waals surface area contributed by atoms with Crippen LogP contribution in [0.3, 0.4) is 0 Å². The average Bonchev–Trinajstić information content (AvgIpc) is 3.20. The molecule has 0 aromatic heterocycles. The fraction of sp³-hybridized carbons (Fsp3) is 0.533. The summed E-state index contributed by atoms with van der Waals surface area (Å²) in [6, 6.07) is 5.17. The Bertz CT molecular complexity index is 457. The molecule has 0 saturated heterocycles. The molecule has 0 atom stereocenters. The topological polar surface area (TPSA) is 40.5 Å². The van der Waals surface area contributed by atoms with Gasteiger partial charge in [-0.05, 0) is 31.9 Å². The number of benzene rings is 1. The molecule has 1 aromatic carbocycles. The highest BCUT2D eigenvalue weighted by Gasteiger charge is 2.29. The molecule has 0 unspecified atom stereocenters. The first-order chi connectivity index (χ1) is 9.13. The third-order valence-corrected chi connectivity index (χ3v) is 3.54. The van der Waals surface area contributed by atoms with E-state index in [1.807, 2.05) is 0 Å². The number of carboxylic acid groups (broad SMARTS) is 1. The highest BCUT2D eigenvalue weighted by atomic mass is 19.1. The lowest BCUT2D eigenvalue weighted by atomic mass is 10.1. The predicted octanol–water partition coefficient (Wildman–Crippen LogP) is 3.29. The number of hydrogen-bond acceptors (Lipinski definition) is 2. The smallest absolute Gasteiger partial charge is 0.338 e. The van der Waals surface area contributed by atoms with Crippen molar-refractivity contribution in [1.29, 1.82) is 0 Å². The maximum absolute atomic E-state index is 14.1. The van der Waals surface area contributed by atoms with E-state index in [1.165, 1.54) is 18.9 Å². The van der Waals surface area contributed by atoms with E-state index >= 15 is 0 Å². The number of nitrogens with zero attached hydrogens (tertiary/aromatic N) is 1. The molecule has 2 rings (SSSR count). The second-order valence-electron chi connectivity index (χ2n) is 5.14. The monoisotopic (exact) mass is 265 g/mol. The van der Waals surface area contributed by atoms with Gasteiger partial charge in [0.05, 0.1) is 5.56 Å². The van der Waals surface area contributed by atoms with Crippen LogP contribution in [0.5, 0.6) is 0 Å². The van der Waals surface area contributed by atoms with Gasteiger partial charge in [-0.1, -0.05) is 25.5 Å². The second kappa shape index (κ2) is 6.15. The zero-order valence-corrected chi connectivity index (χ0v) is 11.2. The van der Waals surface area contributed by atoms with E-state index in [1.54, 1.807) is 12.1 Å². The number of rotatable bonds is 7. The van der Waals surface area contributed by atoms with Gasteiger partial charge in [-0.3, -0.25) is 4.90 Å². The van der Waals surface area contributed by atoms with Gasteiger partial charge in [0.1, 0.15) is 5.82 Å². The molecule has 4 heteroatoms. The van der Waals surface area contributed by atoms with E-state index in [0.29, 0.717) is 18.2 Å². The van der Waals surface area contributed by atoms with Crippen LogP contribution in [0.15, 0.2) is 18.2 Å². The first-order valence-electron chi connectivity index (χ1n) is 6.88. The largest absolute Gasteiger partial charge is 0.478 e. The van der Waals surface area contributed by atoms with Crippen molar-refractivity contribution in [2.75, 3.05) is 6.54 Å². The minimum absolute atomic E-state index is 0.233. The Morgan fingerprint density at radius 1 is 1.47 bits per heavy atom. The molecule has 1 saturated carbocycles. The number of carbonyl (C=O) groups is 1. The number of halogens is 1. The van der Waals surface area contributed by atoms with Crippen LogP contribution in [-0.2, 0) is 6.54 Å². The molecule has 0 aliphatic heterocycles. The highest BCUT2D eigenvalue weighted by molar-refractivity contribution is 5.88. The Labute approximate surface area is 113 Å². The van der Waals surface area contributed by atoms with Crippen molar-refractivity contribution >= 4 is 5.97 Å². The third-order valence-electron chi connectivity index (χ3n) is 3.54. The standard InChI is InChI=1S/C15H20FNO2/c1-2-3-9-17(12-7-8-12)10-11-5-4-6-13(14(11)16)15(18)19/h4-6,12H,2-3,7-10H2,1H3,(H,18,19). The van der Waals surface area contributed by atoms with Crippen LogP contribution < -0.4 is 0 Å². The van der Waals surface area contributed by atoms with Gasteiger partial charge in [0, 0.05) is 18.2 Å². The van der Waals surface area contributed by atoms with Crippen molar-refractivity contribution in [3.63, 3.8) is 0 Å². The second-order valence-corrected chi connectivity index (χ2v) is 5.14. The maximum Gasteiger partial charge on any atom is 0.338 e. The zero-order valence-electron chi connectivity index (χ0n) is 11.2. The summed E-state index contributed by atoms with van der Waals surface area (Å²) in [6.45, 7) is 3.60. The van der Waals surface area contributed by atoms with Gasteiger partial charge in [0.25, 0.3) is 0 Å². The molecule has 1 aliphatic carbocycles. The highest BCUT2D eigenvalue weighted by Crippen LogP contribution is 2.29. The number of unbranched alkanes of at least 4 members (excludes halogenated alkanes) is 1. The van der Waals surface area contributed by atoms with E-state index in [9.17, 15) is 9.18 Å². The number of hydrogen-bond donors (Lipinski definition) is 1. The fourth-order valence-electron chi connectivity index (χ4n) is 2.28. The van der Waals surface area contributed by atoms with Crippen molar-refractivity contribution in [3.05, 3.63) is 35.1 Å². The van der Waals surface area contributed by atoms with Crippen LogP contribution in [0.25, 0.3) is 0 Å². The number of carboxylic acids is 1. The summed E-state index contributed by atoms with van der Waals surface area (Å²) in [5.74, 6) is -1.79. The Hall–Kier alpha value is -1.42. The van der Waals surface area contributed by atoms with Crippen molar-refractivity contribution in [3.8, 4) is 0 Å². The number of aromatic carboxylic acids is 1. The SMILES string of the molecule is CCCCN(Cc1cccc(C(=O)O)c1F)C1CC1. The minimum atomic E-state index is -1.20. The molecule has 0 bridgehead atoms. The van der Waals surface area contributed by atoms with Gasteiger partial charge in [-0.2, -0.15) is 0 Å². The van der Waals surface area contributed by atoms with Crippen molar-refractivity contribution < 1.29 is 14.3 Å². The van der Waals surface area contributed by atoms with Crippen LogP contribution in [0, 0.1) is 5.82 Å². The van der Waals surface area contributed by atoms with Crippen molar-refractivity contribution in [1.82, 2.24) is 4.90 Å². The molecule has 104 valence electrons. The minimum Gasteiger partial charge on any atom is -0.478 e. The molecule has 0 spiro atoms. The van der Waals surface area contributed by atoms with Gasteiger partial charge >= 0.3 is 5.97 Å². The third kappa shape index (κ3) is 3.53. The summed E-state index contributed by atoms with van der Waals surface area (Å²) in [7, 11) is 0. The molecule has 3 nitrogen and oxygen atoms in total.